The van der Waals surface area contributed by atoms with Gasteiger partial charge in [-0.2, -0.15) is 0 Å². The summed E-state index contributed by atoms with van der Waals surface area (Å²) in [5, 5.41) is 0. The van der Waals surface area contributed by atoms with Crippen molar-refractivity contribution < 1.29 is 13.2 Å². The van der Waals surface area contributed by atoms with Crippen LogP contribution in [0.2, 0.25) is 0 Å². The van der Waals surface area contributed by atoms with Crippen molar-refractivity contribution in [1.29, 1.82) is 0 Å². The lowest BCUT2D eigenvalue weighted by atomic mass is 9.87. The molecule has 0 spiro atoms. The molecule has 2 aromatic rings. The molecular weight excluding hydrogens is 263 g/mol. The Morgan fingerprint density at radius 1 is 0.850 bits per heavy atom. The molecule has 1 atom stereocenters. The van der Waals surface area contributed by atoms with E-state index in [1.165, 1.54) is 18.2 Å². The van der Waals surface area contributed by atoms with Crippen molar-refractivity contribution in [2.24, 2.45) is 5.73 Å². The van der Waals surface area contributed by atoms with E-state index in [0.717, 1.165) is 6.07 Å². The third kappa shape index (κ3) is 3.39. The lowest BCUT2D eigenvalue weighted by molar-refractivity contribution is 0.431. The minimum atomic E-state index is -0.899. The average molecular weight is 279 g/mol. The summed E-state index contributed by atoms with van der Waals surface area (Å²) in [6.45, 7) is 1.70. The minimum Gasteiger partial charge on any atom is -0.325 e. The number of rotatable bonds is 4. The molecule has 20 heavy (non-hydrogen) atoms. The summed E-state index contributed by atoms with van der Waals surface area (Å²) in [6, 6.07) is 10.3. The van der Waals surface area contributed by atoms with Gasteiger partial charge in [-0.3, -0.25) is 0 Å². The third-order valence-corrected chi connectivity index (χ3v) is 3.18. The molecule has 0 heterocycles. The molecular formula is C16H16F3N. The summed E-state index contributed by atoms with van der Waals surface area (Å²) in [5.74, 6) is -2.13. The van der Waals surface area contributed by atoms with Crippen LogP contribution in [0.3, 0.4) is 0 Å². The summed E-state index contributed by atoms with van der Waals surface area (Å²) in [5.41, 5.74) is 5.92. The topological polar surface area (TPSA) is 26.0 Å². The predicted octanol–water partition coefficient (Wildman–Crippen LogP) is 3.61. The lowest BCUT2D eigenvalue weighted by Gasteiger charge is -2.25. The fourth-order valence-electron chi connectivity index (χ4n) is 2.26. The van der Waals surface area contributed by atoms with Crippen LogP contribution in [0.4, 0.5) is 13.2 Å². The lowest BCUT2D eigenvalue weighted by Crippen LogP contribution is -2.41. The van der Waals surface area contributed by atoms with Crippen LogP contribution in [0.15, 0.2) is 42.5 Å². The van der Waals surface area contributed by atoms with Crippen molar-refractivity contribution in [2.45, 2.75) is 25.3 Å². The Balaban J connectivity index is 2.19. The molecule has 0 amide bonds. The van der Waals surface area contributed by atoms with Gasteiger partial charge in [-0.05, 0) is 43.0 Å². The zero-order valence-corrected chi connectivity index (χ0v) is 11.2. The monoisotopic (exact) mass is 279 g/mol. The van der Waals surface area contributed by atoms with Crippen molar-refractivity contribution in [3.05, 3.63) is 71.0 Å². The standard InChI is InChI=1S/C16H16F3N/c1-16(20,9-11-5-2-3-7-13(11)17)10-12-6-4-8-14(18)15(12)19/h2-8H,9-10,20H2,1H3. The van der Waals surface area contributed by atoms with E-state index in [1.54, 1.807) is 25.1 Å². The Labute approximate surface area is 116 Å². The van der Waals surface area contributed by atoms with Crippen molar-refractivity contribution >= 4 is 0 Å². The van der Waals surface area contributed by atoms with Crippen LogP contribution in [0, 0.1) is 17.5 Å². The van der Waals surface area contributed by atoms with Gasteiger partial charge >= 0.3 is 0 Å². The highest BCUT2D eigenvalue weighted by atomic mass is 19.2. The molecule has 1 unspecified atom stereocenters. The first-order valence-corrected chi connectivity index (χ1v) is 6.34. The number of nitrogens with two attached hydrogens (primary N) is 1. The molecule has 4 heteroatoms. The van der Waals surface area contributed by atoms with Crippen LogP contribution >= 0.6 is 0 Å². The van der Waals surface area contributed by atoms with E-state index in [-0.39, 0.29) is 24.2 Å². The van der Waals surface area contributed by atoms with E-state index in [4.69, 9.17) is 5.73 Å². The van der Waals surface area contributed by atoms with Crippen LogP contribution in [-0.2, 0) is 12.8 Å². The summed E-state index contributed by atoms with van der Waals surface area (Å²) >= 11 is 0. The maximum Gasteiger partial charge on any atom is 0.162 e. The molecule has 1 nitrogen and oxygen atoms in total. The number of halogens is 3. The molecule has 0 bridgehead atoms. The molecule has 0 aliphatic rings. The molecule has 0 aromatic heterocycles. The van der Waals surface area contributed by atoms with Crippen molar-refractivity contribution in [3.63, 3.8) is 0 Å². The molecule has 2 rings (SSSR count). The Bertz CT molecular complexity index is 608. The van der Waals surface area contributed by atoms with Gasteiger partial charge in [0.15, 0.2) is 11.6 Å². The molecule has 0 radical (unpaired) electrons. The molecule has 2 N–H and O–H groups in total. The second kappa shape index (κ2) is 5.67. The number of hydrogen-bond donors (Lipinski definition) is 1. The summed E-state index contributed by atoms with van der Waals surface area (Å²) in [7, 11) is 0. The normalized spacial score (nSPS) is 14.1. The highest BCUT2D eigenvalue weighted by molar-refractivity contribution is 5.24. The fraction of sp³-hybridized carbons (Fsp3) is 0.250. The summed E-state index contributed by atoms with van der Waals surface area (Å²) in [4.78, 5) is 0. The van der Waals surface area contributed by atoms with E-state index in [1.807, 2.05) is 0 Å². The van der Waals surface area contributed by atoms with E-state index in [0.29, 0.717) is 5.56 Å². The van der Waals surface area contributed by atoms with Gasteiger partial charge in [0.2, 0.25) is 0 Å². The summed E-state index contributed by atoms with van der Waals surface area (Å²) in [6.07, 6.45) is 0.376. The predicted molar refractivity (Wildman–Crippen MR) is 72.8 cm³/mol. The zero-order chi connectivity index (χ0) is 14.8. The van der Waals surface area contributed by atoms with Crippen molar-refractivity contribution in [1.82, 2.24) is 0 Å². The Hall–Kier alpha value is -1.81. The quantitative estimate of drug-likeness (QED) is 0.909. The van der Waals surface area contributed by atoms with E-state index in [9.17, 15) is 13.2 Å². The van der Waals surface area contributed by atoms with Crippen molar-refractivity contribution in [3.8, 4) is 0 Å². The third-order valence-electron chi connectivity index (χ3n) is 3.18. The minimum absolute atomic E-state index is 0.130. The maximum absolute atomic E-state index is 13.6. The van der Waals surface area contributed by atoms with Crippen LogP contribution in [0.25, 0.3) is 0 Å². The number of hydrogen-bond acceptors (Lipinski definition) is 1. The first kappa shape index (κ1) is 14.6. The Kier molecular flexibility index (Phi) is 4.14. The second-order valence-corrected chi connectivity index (χ2v) is 5.31. The molecule has 0 aliphatic carbocycles. The molecule has 0 saturated carbocycles. The maximum atomic E-state index is 13.6. The van der Waals surface area contributed by atoms with E-state index >= 15 is 0 Å². The van der Waals surface area contributed by atoms with Crippen LogP contribution in [-0.4, -0.2) is 5.54 Å². The number of benzene rings is 2. The highest BCUT2D eigenvalue weighted by Crippen LogP contribution is 2.21. The van der Waals surface area contributed by atoms with Gasteiger partial charge in [-0.1, -0.05) is 30.3 Å². The van der Waals surface area contributed by atoms with Gasteiger partial charge in [-0.25, -0.2) is 13.2 Å². The second-order valence-electron chi connectivity index (χ2n) is 5.31. The molecule has 106 valence electrons. The molecule has 0 saturated heterocycles. The zero-order valence-electron chi connectivity index (χ0n) is 11.2. The van der Waals surface area contributed by atoms with E-state index < -0.39 is 17.2 Å². The summed E-state index contributed by atoms with van der Waals surface area (Å²) < 4.78 is 40.4. The van der Waals surface area contributed by atoms with Gasteiger partial charge in [0.25, 0.3) is 0 Å². The SMILES string of the molecule is CC(N)(Cc1ccccc1F)Cc1cccc(F)c1F. The fourth-order valence-corrected chi connectivity index (χ4v) is 2.26. The van der Waals surface area contributed by atoms with Crippen LogP contribution in [0.5, 0.6) is 0 Å². The van der Waals surface area contributed by atoms with Crippen LogP contribution < -0.4 is 5.73 Å². The smallest absolute Gasteiger partial charge is 0.162 e. The first-order chi connectivity index (χ1) is 9.39. The van der Waals surface area contributed by atoms with Crippen LogP contribution in [0.1, 0.15) is 18.1 Å². The highest BCUT2D eigenvalue weighted by Gasteiger charge is 2.23. The van der Waals surface area contributed by atoms with Gasteiger partial charge in [0, 0.05) is 5.54 Å². The van der Waals surface area contributed by atoms with Gasteiger partial charge < -0.3 is 5.73 Å². The van der Waals surface area contributed by atoms with Gasteiger partial charge in [-0.15, -0.1) is 0 Å². The molecule has 2 aromatic carbocycles. The van der Waals surface area contributed by atoms with Gasteiger partial charge in [0.05, 0.1) is 0 Å². The molecule has 0 aliphatic heterocycles. The van der Waals surface area contributed by atoms with Crippen molar-refractivity contribution in [2.75, 3.05) is 0 Å². The average Bonchev–Trinajstić information content (AvgIpc) is 2.37. The largest absolute Gasteiger partial charge is 0.325 e. The van der Waals surface area contributed by atoms with E-state index in [2.05, 4.69) is 0 Å². The first-order valence-electron chi connectivity index (χ1n) is 6.34. The molecule has 0 fully saturated rings. The van der Waals surface area contributed by atoms with Gasteiger partial charge in [0.1, 0.15) is 5.82 Å². The Morgan fingerprint density at radius 2 is 1.40 bits per heavy atom. The Morgan fingerprint density at radius 3 is 2.10 bits per heavy atom.